The molecule has 0 saturated carbocycles. The third-order valence-corrected chi connectivity index (χ3v) is 1.00. The van der Waals surface area contributed by atoms with E-state index in [1.54, 1.807) is 6.20 Å². The number of allylic oxidation sites excluding steroid dienone is 3. The van der Waals surface area contributed by atoms with E-state index in [0.29, 0.717) is 0 Å². The van der Waals surface area contributed by atoms with Crippen LogP contribution >= 0.6 is 0 Å². The third kappa shape index (κ3) is 1.35. The van der Waals surface area contributed by atoms with Crippen molar-refractivity contribution in [2.24, 2.45) is 0 Å². The molecule has 0 unspecified atom stereocenters. The van der Waals surface area contributed by atoms with Gasteiger partial charge < -0.3 is 4.84 Å². The van der Waals surface area contributed by atoms with Gasteiger partial charge in [0.05, 0.1) is 0 Å². The molecule has 48 valence electrons. The van der Waals surface area contributed by atoms with Crippen LogP contribution in [0.5, 0.6) is 0 Å². The van der Waals surface area contributed by atoms with Crippen LogP contribution in [0.15, 0.2) is 36.3 Å². The Morgan fingerprint density at radius 2 is 2.56 bits per heavy atom. The highest BCUT2D eigenvalue weighted by Crippen LogP contribution is 2.08. The van der Waals surface area contributed by atoms with E-state index < -0.39 is 0 Å². The molecule has 1 aliphatic rings. The zero-order valence-electron chi connectivity index (χ0n) is 5.35. The Bertz CT molecular complexity index is 179. The van der Waals surface area contributed by atoms with Gasteiger partial charge in [-0.3, -0.25) is 0 Å². The molecule has 0 saturated heterocycles. The Morgan fingerprint density at radius 1 is 1.78 bits per heavy atom. The molecular weight excluding hydrogens is 114 g/mol. The summed E-state index contributed by atoms with van der Waals surface area (Å²) in [5.41, 5.74) is 3.53. The van der Waals surface area contributed by atoms with Gasteiger partial charge in [-0.25, -0.2) is 5.48 Å². The highest BCUT2D eigenvalue weighted by Gasteiger charge is 1.98. The molecule has 1 heterocycles. The summed E-state index contributed by atoms with van der Waals surface area (Å²) in [6.07, 6.45) is 5.44. The first-order chi connectivity index (χ1) is 4.30. The van der Waals surface area contributed by atoms with Crippen LogP contribution in [0.3, 0.4) is 0 Å². The van der Waals surface area contributed by atoms with Crippen LogP contribution in [-0.4, -0.2) is 0 Å². The van der Waals surface area contributed by atoms with Crippen molar-refractivity contribution >= 4 is 0 Å². The summed E-state index contributed by atoms with van der Waals surface area (Å²) in [6, 6.07) is 0. The molecule has 0 amide bonds. The first-order valence-electron chi connectivity index (χ1n) is 2.76. The normalized spacial score (nSPS) is 15.4. The lowest BCUT2D eigenvalue weighted by atomic mass is 10.2. The van der Waals surface area contributed by atoms with E-state index in [0.717, 1.165) is 11.3 Å². The SMILES string of the molecule is C=C(C)C1=CC=CNO1. The van der Waals surface area contributed by atoms with Crippen molar-refractivity contribution in [2.45, 2.75) is 6.92 Å². The number of hydrogen-bond donors (Lipinski definition) is 1. The van der Waals surface area contributed by atoms with E-state index in [4.69, 9.17) is 4.84 Å². The molecule has 0 fully saturated rings. The number of rotatable bonds is 1. The third-order valence-electron chi connectivity index (χ3n) is 1.00. The van der Waals surface area contributed by atoms with E-state index >= 15 is 0 Å². The van der Waals surface area contributed by atoms with Crippen LogP contribution in [0.25, 0.3) is 0 Å². The predicted molar refractivity (Wildman–Crippen MR) is 36.3 cm³/mol. The van der Waals surface area contributed by atoms with Crippen LogP contribution in [0, 0.1) is 0 Å². The van der Waals surface area contributed by atoms with Gasteiger partial charge >= 0.3 is 0 Å². The Labute approximate surface area is 54.5 Å². The molecule has 1 aliphatic heterocycles. The zero-order valence-corrected chi connectivity index (χ0v) is 5.35. The zero-order chi connectivity index (χ0) is 6.69. The summed E-state index contributed by atoms with van der Waals surface area (Å²) in [7, 11) is 0. The monoisotopic (exact) mass is 123 g/mol. The van der Waals surface area contributed by atoms with Crippen molar-refractivity contribution in [1.29, 1.82) is 0 Å². The Kier molecular flexibility index (Phi) is 1.58. The highest BCUT2D eigenvalue weighted by molar-refractivity contribution is 5.25. The van der Waals surface area contributed by atoms with Crippen LogP contribution < -0.4 is 5.48 Å². The van der Waals surface area contributed by atoms with E-state index in [1.165, 1.54) is 0 Å². The molecule has 0 bridgehead atoms. The molecule has 0 aromatic heterocycles. The topological polar surface area (TPSA) is 21.3 Å². The summed E-state index contributed by atoms with van der Waals surface area (Å²) in [5.74, 6) is 0.789. The minimum Gasteiger partial charge on any atom is -0.382 e. The summed E-state index contributed by atoms with van der Waals surface area (Å²) >= 11 is 0. The molecular formula is C7H9NO. The van der Waals surface area contributed by atoms with Crippen molar-refractivity contribution in [3.05, 3.63) is 36.3 Å². The molecule has 1 N–H and O–H groups in total. The summed E-state index contributed by atoms with van der Waals surface area (Å²) in [5, 5.41) is 0. The lowest BCUT2D eigenvalue weighted by Gasteiger charge is -2.10. The van der Waals surface area contributed by atoms with Crippen LogP contribution in [0.1, 0.15) is 6.92 Å². The average molecular weight is 123 g/mol. The molecule has 1 rings (SSSR count). The molecule has 0 aromatic carbocycles. The second-order valence-corrected chi connectivity index (χ2v) is 1.89. The number of hydrogen-bond acceptors (Lipinski definition) is 2. The molecule has 2 nitrogen and oxygen atoms in total. The van der Waals surface area contributed by atoms with Gasteiger partial charge in [0.25, 0.3) is 0 Å². The van der Waals surface area contributed by atoms with Gasteiger partial charge in [-0.15, -0.1) is 0 Å². The fourth-order valence-corrected chi connectivity index (χ4v) is 0.536. The molecule has 9 heavy (non-hydrogen) atoms. The molecule has 0 atom stereocenters. The molecule has 0 aromatic rings. The molecule has 0 aliphatic carbocycles. The Morgan fingerprint density at radius 3 is 2.89 bits per heavy atom. The standard InChI is InChI=1S/C7H9NO/c1-6(2)7-4-3-5-8-9-7/h3-5,8H,1H2,2H3. The summed E-state index contributed by atoms with van der Waals surface area (Å²) in [6.45, 7) is 5.61. The maximum atomic E-state index is 4.96. The van der Waals surface area contributed by atoms with E-state index in [9.17, 15) is 0 Å². The highest BCUT2D eigenvalue weighted by atomic mass is 16.6. The van der Waals surface area contributed by atoms with Crippen molar-refractivity contribution in [3.8, 4) is 0 Å². The number of hydroxylamine groups is 1. The van der Waals surface area contributed by atoms with Gasteiger partial charge in [0, 0.05) is 6.20 Å². The minimum absolute atomic E-state index is 0.789. The maximum Gasteiger partial charge on any atom is 0.157 e. The smallest absolute Gasteiger partial charge is 0.157 e. The molecule has 0 spiro atoms. The van der Waals surface area contributed by atoms with Crippen molar-refractivity contribution in [2.75, 3.05) is 0 Å². The minimum atomic E-state index is 0.789. The van der Waals surface area contributed by atoms with Gasteiger partial charge in [0.1, 0.15) is 0 Å². The maximum absolute atomic E-state index is 4.96. The van der Waals surface area contributed by atoms with Crippen LogP contribution in [-0.2, 0) is 4.84 Å². The fraction of sp³-hybridized carbons (Fsp3) is 0.143. The lowest BCUT2D eigenvalue weighted by molar-refractivity contribution is 0.145. The van der Waals surface area contributed by atoms with E-state index in [2.05, 4.69) is 12.1 Å². The van der Waals surface area contributed by atoms with E-state index in [1.807, 2.05) is 19.1 Å². The largest absolute Gasteiger partial charge is 0.382 e. The van der Waals surface area contributed by atoms with Gasteiger partial charge in [0.2, 0.25) is 0 Å². The van der Waals surface area contributed by atoms with Crippen LogP contribution in [0.2, 0.25) is 0 Å². The van der Waals surface area contributed by atoms with Crippen molar-refractivity contribution in [3.63, 3.8) is 0 Å². The average Bonchev–Trinajstić information content (AvgIpc) is 1.90. The lowest BCUT2D eigenvalue weighted by Crippen LogP contribution is -2.09. The van der Waals surface area contributed by atoms with Gasteiger partial charge in [-0.1, -0.05) is 6.58 Å². The first-order valence-corrected chi connectivity index (χ1v) is 2.76. The van der Waals surface area contributed by atoms with Gasteiger partial charge in [0.15, 0.2) is 5.76 Å². The van der Waals surface area contributed by atoms with Gasteiger partial charge in [-0.05, 0) is 24.6 Å². The predicted octanol–water partition coefficient (Wildman–Crippen LogP) is 1.49. The Hall–Kier alpha value is -1.18. The number of nitrogens with one attached hydrogen (secondary N) is 1. The van der Waals surface area contributed by atoms with Crippen molar-refractivity contribution in [1.82, 2.24) is 5.48 Å². The van der Waals surface area contributed by atoms with Crippen LogP contribution in [0.4, 0.5) is 0 Å². The summed E-state index contributed by atoms with van der Waals surface area (Å²) < 4.78 is 0. The summed E-state index contributed by atoms with van der Waals surface area (Å²) in [4.78, 5) is 4.96. The Balaban J connectivity index is 2.68. The molecule has 0 radical (unpaired) electrons. The van der Waals surface area contributed by atoms with E-state index in [-0.39, 0.29) is 0 Å². The quantitative estimate of drug-likeness (QED) is 0.570. The second-order valence-electron chi connectivity index (χ2n) is 1.89. The second kappa shape index (κ2) is 2.40. The molecule has 2 heteroatoms. The van der Waals surface area contributed by atoms with Crippen molar-refractivity contribution < 1.29 is 4.84 Å². The first kappa shape index (κ1) is 5.95. The van der Waals surface area contributed by atoms with Gasteiger partial charge in [-0.2, -0.15) is 0 Å². The fourth-order valence-electron chi connectivity index (χ4n) is 0.536.